The summed E-state index contributed by atoms with van der Waals surface area (Å²) < 4.78 is 36.8. The van der Waals surface area contributed by atoms with E-state index in [2.05, 4.69) is 4.99 Å². The largest absolute Gasteiger partial charge is 0.507 e. The summed E-state index contributed by atoms with van der Waals surface area (Å²) in [6.07, 6.45) is -0.980. The van der Waals surface area contributed by atoms with E-state index < -0.39 is 11.7 Å². The van der Waals surface area contributed by atoms with E-state index in [9.17, 15) is 18.3 Å². The number of phenols is 1. The zero-order valence-corrected chi connectivity index (χ0v) is 8.33. The lowest BCUT2D eigenvalue weighted by Gasteiger charge is -2.07. The van der Waals surface area contributed by atoms with Crippen molar-refractivity contribution in [3.8, 4) is 5.75 Å². The molecule has 1 N–H and O–H groups in total. The monoisotopic (exact) mass is 229 g/mol. The molecular weight excluding hydrogens is 219 g/mol. The van der Waals surface area contributed by atoms with E-state index in [4.69, 9.17) is 0 Å². The van der Waals surface area contributed by atoms with E-state index in [0.29, 0.717) is 11.6 Å². The van der Waals surface area contributed by atoms with Crippen LogP contribution in [0.1, 0.15) is 24.0 Å². The Morgan fingerprint density at radius 2 is 2.00 bits per heavy atom. The van der Waals surface area contributed by atoms with Crippen LogP contribution in [0, 0.1) is 0 Å². The van der Waals surface area contributed by atoms with Crippen molar-refractivity contribution >= 4 is 6.21 Å². The van der Waals surface area contributed by atoms with Gasteiger partial charge in [0, 0.05) is 11.8 Å². The smallest absolute Gasteiger partial charge is 0.416 e. The lowest BCUT2D eigenvalue weighted by atomic mass is 10.1. The second-order valence-electron chi connectivity index (χ2n) is 3.78. The summed E-state index contributed by atoms with van der Waals surface area (Å²) in [5.74, 6) is -0.390. The minimum Gasteiger partial charge on any atom is -0.507 e. The second-order valence-corrected chi connectivity index (χ2v) is 3.78. The molecule has 0 radical (unpaired) electrons. The molecule has 0 aromatic heterocycles. The standard InChI is InChI=1S/C11H10F3NO/c12-11(13,14)8-2-1-7(10(16)5-8)6-15-9-3-4-9/h1-2,5-6,9,16H,3-4H2/b15-6-. The fourth-order valence-electron chi connectivity index (χ4n) is 1.24. The molecule has 0 unspecified atom stereocenters. The van der Waals surface area contributed by atoms with Crippen molar-refractivity contribution in [2.24, 2.45) is 4.99 Å². The van der Waals surface area contributed by atoms with Crippen LogP contribution in [0.5, 0.6) is 5.75 Å². The molecule has 1 aliphatic carbocycles. The maximum absolute atomic E-state index is 12.3. The number of halogens is 3. The number of aliphatic imine (C=N–C) groups is 1. The normalized spacial score (nSPS) is 16.9. The van der Waals surface area contributed by atoms with Crippen LogP contribution in [0.3, 0.4) is 0 Å². The first-order valence-electron chi connectivity index (χ1n) is 4.90. The van der Waals surface area contributed by atoms with Crippen LogP contribution in [0.2, 0.25) is 0 Å². The third-order valence-electron chi connectivity index (χ3n) is 2.33. The molecule has 0 spiro atoms. The van der Waals surface area contributed by atoms with Crippen LogP contribution >= 0.6 is 0 Å². The van der Waals surface area contributed by atoms with Gasteiger partial charge >= 0.3 is 6.18 Å². The minimum atomic E-state index is -4.43. The first-order valence-corrected chi connectivity index (χ1v) is 4.90. The van der Waals surface area contributed by atoms with Gasteiger partial charge in [-0.1, -0.05) is 0 Å². The molecule has 0 saturated heterocycles. The summed E-state index contributed by atoms with van der Waals surface area (Å²) in [6, 6.07) is 3.16. The summed E-state index contributed by atoms with van der Waals surface area (Å²) in [5.41, 5.74) is -0.534. The maximum Gasteiger partial charge on any atom is 0.416 e. The van der Waals surface area contributed by atoms with Crippen LogP contribution < -0.4 is 0 Å². The number of alkyl halides is 3. The summed E-state index contributed by atoms with van der Waals surface area (Å²) in [4.78, 5) is 4.09. The minimum absolute atomic E-state index is 0.279. The third-order valence-corrected chi connectivity index (χ3v) is 2.33. The van der Waals surface area contributed by atoms with Gasteiger partial charge in [-0.25, -0.2) is 0 Å². The lowest BCUT2D eigenvalue weighted by Crippen LogP contribution is -2.04. The highest BCUT2D eigenvalue weighted by Crippen LogP contribution is 2.32. The Balaban J connectivity index is 2.22. The average molecular weight is 229 g/mol. The van der Waals surface area contributed by atoms with Crippen molar-refractivity contribution in [2.75, 3.05) is 0 Å². The number of hydrogen-bond acceptors (Lipinski definition) is 2. The summed E-state index contributed by atoms with van der Waals surface area (Å²) in [7, 11) is 0. The molecule has 0 aliphatic heterocycles. The lowest BCUT2D eigenvalue weighted by molar-refractivity contribution is -0.137. The van der Waals surface area contributed by atoms with Gasteiger partial charge in [0.15, 0.2) is 0 Å². The van der Waals surface area contributed by atoms with E-state index in [0.717, 1.165) is 18.9 Å². The molecule has 86 valence electrons. The van der Waals surface area contributed by atoms with Gasteiger partial charge in [-0.05, 0) is 31.0 Å². The highest BCUT2D eigenvalue weighted by atomic mass is 19.4. The van der Waals surface area contributed by atoms with Crippen molar-refractivity contribution in [2.45, 2.75) is 25.1 Å². The Labute approximate surface area is 90.4 Å². The molecule has 0 bridgehead atoms. The summed E-state index contributed by atoms with van der Waals surface area (Å²) >= 11 is 0. The SMILES string of the molecule is Oc1cc(C(F)(F)F)ccc1/C=N\C1CC1. The quantitative estimate of drug-likeness (QED) is 0.777. The number of hydrogen-bond donors (Lipinski definition) is 1. The van der Waals surface area contributed by atoms with Gasteiger partial charge in [-0.3, -0.25) is 4.99 Å². The average Bonchev–Trinajstić information content (AvgIpc) is 2.98. The number of rotatable bonds is 2. The molecule has 5 heteroatoms. The van der Waals surface area contributed by atoms with E-state index in [-0.39, 0.29) is 11.8 Å². The highest BCUT2D eigenvalue weighted by Gasteiger charge is 2.31. The van der Waals surface area contributed by atoms with Crippen molar-refractivity contribution in [3.63, 3.8) is 0 Å². The van der Waals surface area contributed by atoms with Crippen molar-refractivity contribution in [3.05, 3.63) is 29.3 Å². The molecule has 1 aliphatic rings. The second kappa shape index (κ2) is 3.81. The van der Waals surface area contributed by atoms with Crippen LogP contribution in [-0.2, 0) is 6.18 Å². The van der Waals surface area contributed by atoms with E-state index >= 15 is 0 Å². The van der Waals surface area contributed by atoms with Crippen LogP contribution in [-0.4, -0.2) is 17.4 Å². The zero-order chi connectivity index (χ0) is 11.8. The Morgan fingerprint density at radius 1 is 1.31 bits per heavy atom. The topological polar surface area (TPSA) is 32.6 Å². The molecule has 0 amide bonds. The predicted molar refractivity (Wildman–Crippen MR) is 53.7 cm³/mol. The summed E-state index contributed by atoms with van der Waals surface area (Å²) in [6.45, 7) is 0. The molecule has 16 heavy (non-hydrogen) atoms. The van der Waals surface area contributed by atoms with E-state index in [1.807, 2.05) is 0 Å². The molecule has 1 aromatic rings. The molecule has 1 fully saturated rings. The number of aromatic hydroxyl groups is 1. The third kappa shape index (κ3) is 2.53. The van der Waals surface area contributed by atoms with Gasteiger partial charge in [0.1, 0.15) is 5.75 Å². The first kappa shape index (κ1) is 11.0. The first-order chi connectivity index (χ1) is 7.47. The van der Waals surface area contributed by atoms with Crippen molar-refractivity contribution in [1.82, 2.24) is 0 Å². The molecule has 2 nitrogen and oxygen atoms in total. The zero-order valence-electron chi connectivity index (χ0n) is 8.33. The molecule has 0 heterocycles. The highest BCUT2D eigenvalue weighted by molar-refractivity contribution is 5.83. The van der Waals surface area contributed by atoms with Gasteiger partial charge in [0.05, 0.1) is 11.6 Å². The van der Waals surface area contributed by atoms with Gasteiger partial charge < -0.3 is 5.11 Å². The Bertz CT molecular complexity index is 422. The van der Waals surface area contributed by atoms with Gasteiger partial charge in [0.2, 0.25) is 0 Å². The molecule has 1 aromatic carbocycles. The number of phenolic OH excluding ortho intramolecular Hbond substituents is 1. The Kier molecular flexibility index (Phi) is 2.61. The van der Waals surface area contributed by atoms with Crippen LogP contribution in [0.25, 0.3) is 0 Å². The number of benzene rings is 1. The van der Waals surface area contributed by atoms with Crippen LogP contribution in [0.15, 0.2) is 23.2 Å². The maximum atomic E-state index is 12.3. The molecule has 1 saturated carbocycles. The summed E-state index contributed by atoms with van der Waals surface area (Å²) in [5, 5.41) is 9.40. The van der Waals surface area contributed by atoms with Gasteiger partial charge in [0.25, 0.3) is 0 Å². The van der Waals surface area contributed by atoms with Gasteiger partial charge in [-0.2, -0.15) is 13.2 Å². The molecule has 0 atom stereocenters. The van der Waals surface area contributed by atoms with Gasteiger partial charge in [-0.15, -0.1) is 0 Å². The molecule has 2 rings (SSSR count). The fourth-order valence-corrected chi connectivity index (χ4v) is 1.24. The number of nitrogens with zero attached hydrogens (tertiary/aromatic N) is 1. The van der Waals surface area contributed by atoms with E-state index in [1.165, 1.54) is 12.3 Å². The van der Waals surface area contributed by atoms with Crippen molar-refractivity contribution in [1.29, 1.82) is 0 Å². The Hall–Kier alpha value is -1.52. The molecular formula is C11H10F3NO. The fraction of sp³-hybridized carbons (Fsp3) is 0.364. The van der Waals surface area contributed by atoms with Crippen molar-refractivity contribution < 1.29 is 18.3 Å². The van der Waals surface area contributed by atoms with E-state index in [1.54, 1.807) is 0 Å². The van der Waals surface area contributed by atoms with Crippen LogP contribution in [0.4, 0.5) is 13.2 Å². The Morgan fingerprint density at radius 3 is 2.50 bits per heavy atom. The predicted octanol–water partition coefficient (Wildman–Crippen LogP) is 2.99.